The molecule has 0 spiro atoms. The van der Waals surface area contributed by atoms with Crippen molar-refractivity contribution in [2.24, 2.45) is 11.8 Å². The lowest BCUT2D eigenvalue weighted by Crippen LogP contribution is -2.42. The first kappa shape index (κ1) is 19.0. The Morgan fingerprint density at radius 2 is 1.64 bits per heavy atom. The van der Waals surface area contributed by atoms with E-state index in [4.69, 9.17) is 4.74 Å². The summed E-state index contributed by atoms with van der Waals surface area (Å²) in [4.78, 5) is 12.0. The lowest BCUT2D eigenvalue weighted by Gasteiger charge is -2.32. The maximum Gasteiger partial charge on any atom is 0.407 e. The van der Waals surface area contributed by atoms with Gasteiger partial charge in [0.15, 0.2) is 0 Å². The number of ether oxygens (including phenoxy) is 1. The van der Waals surface area contributed by atoms with Gasteiger partial charge in [0.25, 0.3) is 0 Å². The van der Waals surface area contributed by atoms with E-state index in [2.05, 4.69) is 5.32 Å². The molecule has 0 radical (unpaired) electrons. The summed E-state index contributed by atoms with van der Waals surface area (Å²) in [6, 6.07) is 0.524. The van der Waals surface area contributed by atoms with Crippen molar-refractivity contribution in [1.29, 1.82) is 0 Å². The number of hydrogen-bond acceptors (Lipinski definition) is 4. The van der Waals surface area contributed by atoms with Gasteiger partial charge in [0.05, 0.1) is 6.26 Å². The third kappa shape index (κ3) is 4.88. The van der Waals surface area contributed by atoms with Gasteiger partial charge in [-0.1, -0.05) is 0 Å². The zero-order chi connectivity index (χ0) is 18.4. The van der Waals surface area contributed by atoms with Crippen LogP contribution < -0.4 is 5.32 Å². The molecule has 1 amide bonds. The van der Waals surface area contributed by atoms with Crippen molar-refractivity contribution in [3.63, 3.8) is 0 Å². The lowest BCUT2D eigenvalue weighted by atomic mass is 9.79. The maximum absolute atomic E-state index is 12.2. The Hall–Kier alpha value is -0.820. The number of nitrogens with one attached hydrogen (secondary N) is 1. The lowest BCUT2D eigenvalue weighted by molar-refractivity contribution is 0.0476. The third-order valence-electron chi connectivity index (χ3n) is 5.66. The Labute approximate surface area is 151 Å². The van der Waals surface area contributed by atoms with Crippen molar-refractivity contribution in [3.05, 3.63) is 0 Å². The predicted molar refractivity (Wildman–Crippen MR) is 96.7 cm³/mol. The molecule has 3 fully saturated rings. The summed E-state index contributed by atoms with van der Waals surface area (Å²) in [5, 5.41) is 3.00. The van der Waals surface area contributed by atoms with E-state index < -0.39 is 15.6 Å². The van der Waals surface area contributed by atoms with E-state index in [0.29, 0.717) is 11.8 Å². The van der Waals surface area contributed by atoms with E-state index in [1.165, 1.54) is 6.26 Å². The van der Waals surface area contributed by atoms with E-state index in [9.17, 15) is 13.2 Å². The van der Waals surface area contributed by atoms with Crippen molar-refractivity contribution < 1.29 is 17.9 Å². The summed E-state index contributed by atoms with van der Waals surface area (Å²) < 4.78 is 31.6. The van der Waals surface area contributed by atoms with Crippen LogP contribution in [0.2, 0.25) is 0 Å². The van der Waals surface area contributed by atoms with Crippen molar-refractivity contribution in [3.8, 4) is 0 Å². The topological polar surface area (TPSA) is 75.7 Å². The molecule has 0 aliphatic heterocycles. The molecule has 6 nitrogen and oxygen atoms in total. The average Bonchev–Trinajstić information content (AvgIpc) is 3.13. The van der Waals surface area contributed by atoms with E-state index >= 15 is 0 Å². The summed E-state index contributed by atoms with van der Waals surface area (Å²) in [7, 11) is -3.14. The van der Waals surface area contributed by atoms with Crippen molar-refractivity contribution in [2.45, 2.75) is 89.4 Å². The molecule has 3 saturated carbocycles. The summed E-state index contributed by atoms with van der Waals surface area (Å²) in [6.45, 7) is 5.59. The molecular weight excluding hydrogens is 340 g/mol. The van der Waals surface area contributed by atoms with Crippen LogP contribution in [0.15, 0.2) is 0 Å². The first-order valence-electron chi connectivity index (χ1n) is 9.51. The molecule has 0 heterocycles. The first-order valence-corrected chi connectivity index (χ1v) is 11.4. The minimum absolute atomic E-state index is 0.141. The molecule has 4 atom stereocenters. The van der Waals surface area contributed by atoms with Gasteiger partial charge in [-0.15, -0.1) is 0 Å². The standard InChI is InChI=1S/C18H32N2O4S/c1-18(2,3)24-17(21)19-14-6-5-12-10-16(11-13(12)9-14)20(15-7-8-15)25(4,22)23/h12-16H,5-11H2,1-4H3,(H,19,21)/t12?,13-,14?,16-/m0/s1. The SMILES string of the molecule is CC(C)(C)OC(=O)NC1CCC2C[C@H](N(C3CC3)S(C)(=O)=O)C[C@@H]2C1. The summed E-state index contributed by atoms with van der Waals surface area (Å²) >= 11 is 0. The highest BCUT2D eigenvalue weighted by atomic mass is 32.2. The van der Waals surface area contributed by atoms with Crippen LogP contribution in [0.1, 0.15) is 65.7 Å². The molecule has 0 bridgehead atoms. The molecule has 0 aromatic rings. The maximum atomic E-state index is 12.2. The minimum atomic E-state index is -3.14. The molecule has 0 aromatic heterocycles. The number of fused-ring (bicyclic) bond motifs is 1. The first-order chi connectivity index (χ1) is 11.5. The van der Waals surface area contributed by atoms with Crippen LogP contribution in [0.3, 0.4) is 0 Å². The number of amides is 1. The quantitative estimate of drug-likeness (QED) is 0.823. The van der Waals surface area contributed by atoms with Crippen LogP contribution in [-0.4, -0.2) is 48.8 Å². The van der Waals surface area contributed by atoms with Crippen molar-refractivity contribution >= 4 is 16.1 Å². The Kier molecular flexibility index (Phi) is 5.10. The molecule has 144 valence electrons. The average molecular weight is 373 g/mol. The Balaban J connectivity index is 1.57. The zero-order valence-electron chi connectivity index (χ0n) is 15.8. The molecule has 3 aliphatic carbocycles. The van der Waals surface area contributed by atoms with Gasteiger partial charge in [0.1, 0.15) is 5.60 Å². The Bertz CT molecular complexity index is 609. The molecule has 7 heteroatoms. The highest BCUT2D eigenvalue weighted by Crippen LogP contribution is 2.46. The fourth-order valence-electron chi connectivity index (χ4n) is 4.70. The number of sulfonamides is 1. The largest absolute Gasteiger partial charge is 0.444 e. The Morgan fingerprint density at radius 1 is 1.00 bits per heavy atom. The molecule has 3 rings (SSSR count). The molecule has 0 aromatic carbocycles. The highest BCUT2D eigenvalue weighted by molar-refractivity contribution is 7.88. The van der Waals surface area contributed by atoms with Crippen LogP contribution in [0.25, 0.3) is 0 Å². The van der Waals surface area contributed by atoms with Gasteiger partial charge in [-0.25, -0.2) is 13.2 Å². The number of hydrogen-bond donors (Lipinski definition) is 1. The van der Waals surface area contributed by atoms with Crippen molar-refractivity contribution in [1.82, 2.24) is 9.62 Å². The number of alkyl carbamates (subject to hydrolysis) is 1. The number of nitrogens with zero attached hydrogens (tertiary/aromatic N) is 1. The molecule has 2 unspecified atom stereocenters. The van der Waals surface area contributed by atoms with E-state index in [-0.39, 0.29) is 24.2 Å². The van der Waals surface area contributed by atoms with Gasteiger partial charge in [-0.2, -0.15) is 4.31 Å². The number of rotatable bonds is 4. The third-order valence-corrected chi connectivity index (χ3v) is 7.02. The minimum Gasteiger partial charge on any atom is -0.444 e. The molecule has 0 saturated heterocycles. The molecule has 25 heavy (non-hydrogen) atoms. The monoisotopic (exact) mass is 372 g/mol. The summed E-state index contributed by atoms with van der Waals surface area (Å²) in [5.74, 6) is 1.09. The zero-order valence-corrected chi connectivity index (χ0v) is 16.6. The van der Waals surface area contributed by atoms with Gasteiger partial charge in [-0.3, -0.25) is 0 Å². The van der Waals surface area contributed by atoms with Gasteiger partial charge in [0.2, 0.25) is 10.0 Å². The van der Waals surface area contributed by atoms with Crippen LogP contribution in [-0.2, 0) is 14.8 Å². The van der Waals surface area contributed by atoms with Crippen LogP contribution >= 0.6 is 0 Å². The van der Waals surface area contributed by atoms with Crippen LogP contribution in [0, 0.1) is 11.8 Å². The van der Waals surface area contributed by atoms with Gasteiger partial charge in [-0.05, 0) is 77.6 Å². The molecule has 3 aliphatic rings. The van der Waals surface area contributed by atoms with Gasteiger partial charge >= 0.3 is 6.09 Å². The second kappa shape index (κ2) is 6.72. The summed E-state index contributed by atoms with van der Waals surface area (Å²) in [6.07, 6.45) is 7.86. The molecule has 1 N–H and O–H groups in total. The predicted octanol–water partition coefficient (Wildman–Crippen LogP) is 2.88. The van der Waals surface area contributed by atoms with Crippen LogP contribution in [0.4, 0.5) is 4.79 Å². The number of carbonyl (C=O) groups is 1. The highest BCUT2D eigenvalue weighted by Gasteiger charge is 2.47. The van der Waals surface area contributed by atoms with E-state index in [1.807, 2.05) is 20.8 Å². The normalized spacial score (nSPS) is 33.2. The summed E-state index contributed by atoms with van der Waals surface area (Å²) in [5.41, 5.74) is -0.486. The Morgan fingerprint density at radius 3 is 2.20 bits per heavy atom. The molecular formula is C18H32N2O4S. The van der Waals surface area contributed by atoms with E-state index in [1.54, 1.807) is 4.31 Å². The fourth-order valence-corrected chi connectivity index (χ4v) is 6.17. The van der Waals surface area contributed by atoms with Crippen molar-refractivity contribution in [2.75, 3.05) is 6.26 Å². The smallest absolute Gasteiger partial charge is 0.407 e. The number of carbonyl (C=O) groups excluding carboxylic acids is 1. The fraction of sp³-hybridized carbons (Fsp3) is 0.944. The second-order valence-electron chi connectivity index (χ2n) is 9.13. The van der Waals surface area contributed by atoms with Crippen LogP contribution in [0.5, 0.6) is 0 Å². The van der Waals surface area contributed by atoms with Gasteiger partial charge in [0, 0.05) is 18.1 Å². The van der Waals surface area contributed by atoms with E-state index in [0.717, 1.165) is 44.9 Å². The van der Waals surface area contributed by atoms with Gasteiger partial charge < -0.3 is 10.1 Å². The second-order valence-corrected chi connectivity index (χ2v) is 11.0.